The van der Waals surface area contributed by atoms with E-state index < -0.39 is 0 Å². The number of aromatic nitrogens is 4. The summed E-state index contributed by atoms with van der Waals surface area (Å²) in [5.74, 6) is 1.05. The molecular weight excluding hydrogens is 358 g/mol. The fourth-order valence-corrected chi connectivity index (χ4v) is 4.58. The third-order valence-corrected chi connectivity index (χ3v) is 5.98. The maximum atomic E-state index is 12.6. The van der Waals surface area contributed by atoms with Gasteiger partial charge in [-0.25, -0.2) is 10.1 Å². The lowest BCUT2D eigenvalue weighted by Gasteiger charge is -2.26. The summed E-state index contributed by atoms with van der Waals surface area (Å²) in [6, 6.07) is 16.4. The van der Waals surface area contributed by atoms with Gasteiger partial charge >= 0.3 is 0 Å². The smallest absolute Gasteiger partial charge is 0.231 e. The normalized spacial score (nSPS) is 16.5. The minimum Gasteiger partial charge on any atom is -0.349 e. The quantitative estimate of drug-likeness (QED) is 0.534. The molecular formula is C20H19N5OS. The molecule has 1 atom stereocenters. The van der Waals surface area contributed by atoms with E-state index in [1.54, 1.807) is 0 Å². The van der Waals surface area contributed by atoms with Crippen molar-refractivity contribution in [2.45, 2.75) is 30.5 Å². The van der Waals surface area contributed by atoms with Gasteiger partial charge in [-0.05, 0) is 42.5 Å². The Morgan fingerprint density at radius 3 is 3.04 bits per heavy atom. The molecule has 5 rings (SSSR count). The molecule has 0 saturated carbocycles. The molecule has 1 aliphatic carbocycles. The number of fused-ring (bicyclic) bond motifs is 4. The third kappa shape index (κ3) is 2.98. The first-order chi connectivity index (χ1) is 13.3. The topological polar surface area (TPSA) is 75.1 Å². The molecule has 1 unspecified atom stereocenters. The van der Waals surface area contributed by atoms with Gasteiger partial charge in [0.1, 0.15) is 0 Å². The molecule has 2 heterocycles. The molecule has 0 aliphatic heterocycles. The van der Waals surface area contributed by atoms with Crippen LogP contribution in [0.3, 0.4) is 0 Å². The van der Waals surface area contributed by atoms with Crippen LogP contribution in [-0.4, -0.2) is 31.2 Å². The highest BCUT2D eigenvalue weighted by molar-refractivity contribution is 7.99. The lowest BCUT2D eigenvalue weighted by molar-refractivity contribution is -0.119. The average molecular weight is 377 g/mol. The van der Waals surface area contributed by atoms with E-state index in [1.165, 1.54) is 22.9 Å². The number of imidazole rings is 1. The molecule has 2 aromatic heterocycles. The number of para-hydroxylation sites is 2. The summed E-state index contributed by atoms with van der Waals surface area (Å²) >= 11 is 1.42. The number of H-pyrrole nitrogens is 1. The van der Waals surface area contributed by atoms with Crippen molar-refractivity contribution >= 4 is 34.5 Å². The van der Waals surface area contributed by atoms with Gasteiger partial charge in [0.15, 0.2) is 5.16 Å². The Hall–Kier alpha value is -2.80. The number of carbonyl (C=O) groups is 1. The lowest BCUT2D eigenvalue weighted by Crippen LogP contribution is -2.32. The van der Waals surface area contributed by atoms with Crippen molar-refractivity contribution in [2.24, 2.45) is 0 Å². The first-order valence-corrected chi connectivity index (χ1v) is 10.1. The van der Waals surface area contributed by atoms with Crippen LogP contribution in [-0.2, 0) is 11.2 Å². The second-order valence-electron chi connectivity index (χ2n) is 6.77. The predicted molar refractivity (Wildman–Crippen MR) is 106 cm³/mol. The Bertz CT molecular complexity index is 1130. The van der Waals surface area contributed by atoms with Crippen molar-refractivity contribution < 1.29 is 4.79 Å². The van der Waals surface area contributed by atoms with Gasteiger partial charge in [-0.3, -0.25) is 9.20 Å². The van der Waals surface area contributed by atoms with Crippen molar-refractivity contribution in [3.05, 3.63) is 59.7 Å². The van der Waals surface area contributed by atoms with Crippen LogP contribution < -0.4 is 5.32 Å². The van der Waals surface area contributed by atoms with E-state index in [4.69, 9.17) is 0 Å². The minimum absolute atomic E-state index is 0.0299. The van der Waals surface area contributed by atoms with Crippen molar-refractivity contribution in [3.8, 4) is 0 Å². The van der Waals surface area contributed by atoms with E-state index >= 15 is 0 Å². The summed E-state index contributed by atoms with van der Waals surface area (Å²) in [4.78, 5) is 17.1. The van der Waals surface area contributed by atoms with Crippen LogP contribution in [0.25, 0.3) is 16.8 Å². The van der Waals surface area contributed by atoms with Gasteiger partial charge in [0.05, 0.1) is 22.8 Å². The van der Waals surface area contributed by atoms with Crippen molar-refractivity contribution in [3.63, 3.8) is 0 Å². The van der Waals surface area contributed by atoms with Crippen LogP contribution >= 0.6 is 11.8 Å². The number of nitrogens with one attached hydrogen (secondary N) is 2. The van der Waals surface area contributed by atoms with Crippen molar-refractivity contribution in [1.29, 1.82) is 0 Å². The van der Waals surface area contributed by atoms with E-state index in [0.717, 1.165) is 35.5 Å². The number of hydrogen-bond acceptors (Lipinski definition) is 4. The summed E-state index contributed by atoms with van der Waals surface area (Å²) in [6.07, 6.45) is 3.19. The van der Waals surface area contributed by atoms with Gasteiger partial charge in [0, 0.05) is 0 Å². The number of amides is 1. The molecule has 4 aromatic rings. The molecule has 0 spiro atoms. The number of thioether (sulfide) groups is 1. The van der Waals surface area contributed by atoms with Crippen LogP contribution in [0.2, 0.25) is 0 Å². The van der Waals surface area contributed by atoms with Crippen LogP contribution in [0, 0.1) is 0 Å². The molecule has 0 radical (unpaired) electrons. The third-order valence-electron chi connectivity index (χ3n) is 5.04. The molecule has 7 heteroatoms. The fraction of sp³-hybridized carbons (Fsp3) is 0.250. The molecule has 1 aliphatic rings. The molecule has 2 aromatic carbocycles. The van der Waals surface area contributed by atoms with E-state index in [1.807, 2.05) is 34.7 Å². The molecule has 6 nitrogen and oxygen atoms in total. The van der Waals surface area contributed by atoms with Gasteiger partial charge in [0.25, 0.3) is 0 Å². The predicted octanol–water partition coefficient (Wildman–Crippen LogP) is 3.50. The molecule has 0 fully saturated rings. The molecule has 1 amide bonds. The number of rotatable bonds is 4. The van der Waals surface area contributed by atoms with Crippen LogP contribution in [0.5, 0.6) is 0 Å². The zero-order valence-corrected chi connectivity index (χ0v) is 15.5. The number of benzene rings is 2. The molecule has 2 N–H and O–H groups in total. The Labute approximate surface area is 160 Å². The lowest BCUT2D eigenvalue weighted by atomic mass is 9.88. The van der Waals surface area contributed by atoms with Gasteiger partial charge in [0.2, 0.25) is 11.7 Å². The monoisotopic (exact) mass is 377 g/mol. The minimum atomic E-state index is 0.0299. The van der Waals surface area contributed by atoms with Crippen LogP contribution in [0.1, 0.15) is 30.0 Å². The zero-order valence-electron chi connectivity index (χ0n) is 14.7. The highest BCUT2D eigenvalue weighted by Crippen LogP contribution is 2.29. The first-order valence-electron chi connectivity index (χ1n) is 9.11. The number of carbonyl (C=O) groups excluding carboxylic acids is 1. The number of nitrogens with zero attached hydrogens (tertiary/aromatic N) is 3. The molecule has 27 heavy (non-hydrogen) atoms. The van der Waals surface area contributed by atoms with E-state index in [2.05, 4.69) is 38.7 Å². The van der Waals surface area contributed by atoms with Crippen molar-refractivity contribution in [1.82, 2.24) is 24.9 Å². The standard InChI is InChI=1S/C20H19N5OS/c26-18(21-15-10-5-7-13-6-1-2-8-14(13)15)12-27-20-24-23-19-22-16-9-3-4-11-17(16)25(19)20/h1-4,6,8-9,11,15H,5,7,10,12H2,(H,21,26)(H,22,23). The summed E-state index contributed by atoms with van der Waals surface area (Å²) in [6.45, 7) is 0. The molecule has 0 bridgehead atoms. The second-order valence-corrected chi connectivity index (χ2v) is 7.71. The van der Waals surface area contributed by atoms with Crippen LogP contribution in [0.4, 0.5) is 0 Å². The number of hydrogen-bond donors (Lipinski definition) is 2. The van der Waals surface area contributed by atoms with Gasteiger partial charge in [-0.2, -0.15) is 0 Å². The van der Waals surface area contributed by atoms with E-state index in [0.29, 0.717) is 11.5 Å². The van der Waals surface area contributed by atoms with E-state index in [9.17, 15) is 4.79 Å². The Balaban J connectivity index is 1.31. The average Bonchev–Trinajstić information content (AvgIpc) is 3.26. The molecule has 0 saturated heterocycles. The summed E-state index contributed by atoms with van der Waals surface area (Å²) in [5, 5.41) is 11.2. The highest BCUT2D eigenvalue weighted by atomic mass is 32.2. The maximum Gasteiger partial charge on any atom is 0.231 e. The highest BCUT2D eigenvalue weighted by Gasteiger charge is 2.22. The van der Waals surface area contributed by atoms with Gasteiger partial charge in [-0.1, -0.05) is 48.2 Å². The number of aromatic amines is 1. The van der Waals surface area contributed by atoms with Gasteiger partial charge < -0.3 is 5.32 Å². The van der Waals surface area contributed by atoms with Crippen LogP contribution in [0.15, 0.2) is 53.7 Å². The Kier molecular flexibility index (Phi) is 4.09. The number of aryl methyl sites for hydroxylation is 1. The van der Waals surface area contributed by atoms with Gasteiger partial charge in [-0.15, -0.1) is 5.10 Å². The van der Waals surface area contributed by atoms with Crippen molar-refractivity contribution in [2.75, 3.05) is 5.75 Å². The summed E-state index contributed by atoms with van der Waals surface area (Å²) in [7, 11) is 0. The molecule has 136 valence electrons. The largest absolute Gasteiger partial charge is 0.349 e. The SMILES string of the molecule is O=C(CSc1n[nH]c2nc3ccccc3n12)NC1CCCc2ccccc21. The zero-order chi connectivity index (χ0) is 18.2. The Morgan fingerprint density at radius 1 is 1.22 bits per heavy atom. The van der Waals surface area contributed by atoms with E-state index in [-0.39, 0.29) is 11.9 Å². The second kappa shape index (κ2) is 6.74. The summed E-state index contributed by atoms with van der Waals surface area (Å²) < 4.78 is 1.96. The fourth-order valence-electron chi connectivity index (χ4n) is 3.81. The maximum absolute atomic E-state index is 12.6. The summed E-state index contributed by atoms with van der Waals surface area (Å²) in [5.41, 5.74) is 4.51. The Morgan fingerprint density at radius 2 is 2.07 bits per heavy atom. The first kappa shape index (κ1) is 16.4.